The fraction of sp³-hybridized carbons (Fsp3) is 0.133. The van der Waals surface area contributed by atoms with Gasteiger partial charge in [0.25, 0.3) is 5.56 Å². The highest BCUT2D eigenvalue weighted by molar-refractivity contribution is 5.85. The Hall–Kier alpha value is -3.07. The van der Waals surface area contributed by atoms with Crippen LogP contribution in [0.25, 0.3) is 11.3 Å². The zero-order valence-corrected chi connectivity index (χ0v) is 11.3. The van der Waals surface area contributed by atoms with Crippen LogP contribution in [0.5, 0.6) is 0 Å². The van der Waals surface area contributed by atoms with Crippen LogP contribution in [0.15, 0.2) is 41.2 Å². The van der Waals surface area contributed by atoms with Crippen LogP contribution < -0.4 is 10.9 Å². The van der Waals surface area contributed by atoms with Crippen molar-refractivity contribution in [1.29, 1.82) is 0 Å². The monoisotopic (exact) mass is 283 g/mol. The van der Waals surface area contributed by atoms with Gasteiger partial charge in [-0.1, -0.05) is 18.1 Å². The Labute approximate surface area is 121 Å². The van der Waals surface area contributed by atoms with E-state index in [-0.39, 0.29) is 5.56 Å². The highest BCUT2D eigenvalue weighted by atomic mass is 16.6. The third-order valence-electron chi connectivity index (χ3n) is 2.62. The van der Waals surface area contributed by atoms with Crippen molar-refractivity contribution in [3.05, 3.63) is 46.8 Å². The highest BCUT2D eigenvalue weighted by Gasteiger charge is 2.07. The molecule has 1 atom stereocenters. The molecule has 0 fully saturated rings. The third kappa shape index (κ3) is 3.94. The van der Waals surface area contributed by atoms with Gasteiger partial charge in [-0.05, 0) is 25.1 Å². The van der Waals surface area contributed by atoms with E-state index in [0.717, 1.165) is 5.56 Å². The first-order valence-electron chi connectivity index (χ1n) is 6.18. The molecule has 0 saturated heterocycles. The van der Waals surface area contributed by atoms with Crippen LogP contribution in [-0.2, 0) is 4.74 Å². The molecule has 6 nitrogen and oxygen atoms in total. The molecule has 0 aliphatic carbocycles. The van der Waals surface area contributed by atoms with Crippen molar-refractivity contribution >= 4 is 11.8 Å². The quantitative estimate of drug-likeness (QED) is 0.844. The summed E-state index contributed by atoms with van der Waals surface area (Å²) in [4.78, 5) is 22.4. The average Bonchev–Trinajstić information content (AvgIpc) is 2.48. The predicted octanol–water partition coefficient (Wildman–Crippen LogP) is 2.01. The minimum absolute atomic E-state index is 0.262. The molecule has 1 unspecified atom stereocenters. The van der Waals surface area contributed by atoms with E-state index in [1.54, 1.807) is 37.3 Å². The van der Waals surface area contributed by atoms with E-state index in [9.17, 15) is 9.59 Å². The van der Waals surface area contributed by atoms with Gasteiger partial charge in [-0.15, -0.1) is 6.42 Å². The fourth-order valence-electron chi connectivity index (χ4n) is 1.57. The molecular weight excluding hydrogens is 270 g/mol. The number of carbonyl (C=O) groups is 1. The Morgan fingerprint density at radius 3 is 2.62 bits per heavy atom. The molecule has 21 heavy (non-hydrogen) atoms. The Morgan fingerprint density at radius 1 is 1.33 bits per heavy atom. The fourth-order valence-corrected chi connectivity index (χ4v) is 1.57. The Kier molecular flexibility index (Phi) is 4.36. The molecule has 0 saturated carbocycles. The zero-order chi connectivity index (χ0) is 15.2. The Bertz CT molecular complexity index is 709. The predicted molar refractivity (Wildman–Crippen MR) is 78.7 cm³/mol. The van der Waals surface area contributed by atoms with E-state index < -0.39 is 12.2 Å². The number of terminal acetylenes is 1. The second kappa shape index (κ2) is 6.39. The topological polar surface area (TPSA) is 84.1 Å². The van der Waals surface area contributed by atoms with E-state index in [0.29, 0.717) is 11.4 Å². The third-order valence-corrected chi connectivity index (χ3v) is 2.62. The first-order chi connectivity index (χ1) is 10.1. The van der Waals surface area contributed by atoms with Crippen LogP contribution in [0.1, 0.15) is 6.92 Å². The number of aromatic nitrogens is 2. The molecule has 2 N–H and O–H groups in total. The molecule has 2 rings (SSSR count). The second-order valence-electron chi connectivity index (χ2n) is 4.22. The number of ether oxygens (including phenoxy) is 1. The van der Waals surface area contributed by atoms with E-state index >= 15 is 0 Å². The second-order valence-corrected chi connectivity index (χ2v) is 4.22. The van der Waals surface area contributed by atoms with Gasteiger partial charge in [-0.3, -0.25) is 10.1 Å². The van der Waals surface area contributed by atoms with Crippen LogP contribution in [0, 0.1) is 12.3 Å². The molecule has 1 aromatic carbocycles. The molecule has 1 aromatic heterocycles. The number of H-pyrrole nitrogens is 1. The molecule has 2 aromatic rings. The minimum Gasteiger partial charge on any atom is -0.433 e. The van der Waals surface area contributed by atoms with E-state index in [2.05, 4.69) is 21.4 Å². The summed E-state index contributed by atoms with van der Waals surface area (Å²) < 4.78 is 4.89. The molecule has 106 valence electrons. The van der Waals surface area contributed by atoms with Gasteiger partial charge in [0.1, 0.15) is 0 Å². The van der Waals surface area contributed by atoms with Gasteiger partial charge >= 0.3 is 6.09 Å². The summed E-state index contributed by atoms with van der Waals surface area (Å²) in [5, 5.41) is 8.84. The number of hydrogen-bond acceptors (Lipinski definition) is 4. The normalized spacial score (nSPS) is 11.2. The Morgan fingerprint density at radius 2 is 2.05 bits per heavy atom. The number of nitrogens with one attached hydrogen (secondary N) is 2. The number of nitrogens with zero attached hydrogens (tertiary/aromatic N) is 1. The maximum Gasteiger partial charge on any atom is 0.412 e. The lowest BCUT2D eigenvalue weighted by atomic mass is 10.1. The first kappa shape index (κ1) is 14.3. The number of anilines is 1. The van der Waals surface area contributed by atoms with Crippen molar-refractivity contribution in [2.45, 2.75) is 13.0 Å². The van der Waals surface area contributed by atoms with Crippen molar-refractivity contribution in [1.82, 2.24) is 10.2 Å². The van der Waals surface area contributed by atoms with E-state index in [1.165, 1.54) is 6.07 Å². The molecule has 1 heterocycles. The molecule has 6 heteroatoms. The number of amides is 1. The minimum atomic E-state index is -0.615. The van der Waals surface area contributed by atoms with Gasteiger partial charge in [-0.2, -0.15) is 5.10 Å². The molecule has 0 spiro atoms. The summed E-state index contributed by atoms with van der Waals surface area (Å²) in [6.07, 6.45) is 3.92. The number of aromatic amines is 1. The molecule has 1 amide bonds. The van der Waals surface area contributed by atoms with Crippen molar-refractivity contribution in [2.75, 3.05) is 5.32 Å². The van der Waals surface area contributed by atoms with Gasteiger partial charge in [-0.25, -0.2) is 9.89 Å². The summed E-state index contributed by atoms with van der Waals surface area (Å²) in [5.41, 5.74) is 1.74. The molecule has 0 bridgehead atoms. The summed E-state index contributed by atoms with van der Waals surface area (Å²) in [5.74, 6) is 2.30. The number of benzene rings is 1. The van der Waals surface area contributed by atoms with Crippen LogP contribution >= 0.6 is 0 Å². The van der Waals surface area contributed by atoms with Gasteiger partial charge in [0, 0.05) is 17.3 Å². The van der Waals surface area contributed by atoms with Crippen molar-refractivity contribution < 1.29 is 9.53 Å². The maximum atomic E-state index is 11.5. The average molecular weight is 283 g/mol. The van der Waals surface area contributed by atoms with Crippen LogP contribution in [0.4, 0.5) is 10.5 Å². The van der Waals surface area contributed by atoms with Crippen molar-refractivity contribution in [3.63, 3.8) is 0 Å². The molecule has 0 radical (unpaired) electrons. The van der Waals surface area contributed by atoms with Gasteiger partial charge in [0.15, 0.2) is 6.10 Å². The van der Waals surface area contributed by atoms with Crippen LogP contribution in [0.3, 0.4) is 0 Å². The summed E-state index contributed by atoms with van der Waals surface area (Å²) >= 11 is 0. The zero-order valence-electron chi connectivity index (χ0n) is 11.3. The molecular formula is C15H13N3O3. The lowest BCUT2D eigenvalue weighted by molar-refractivity contribution is 0.145. The lowest BCUT2D eigenvalue weighted by Crippen LogP contribution is -2.18. The van der Waals surface area contributed by atoms with E-state index in [4.69, 9.17) is 11.2 Å². The molecule has 0 aliphatic rings. The largest absolute Gasteiger partial charge is 0.433 e. The van der Waals surface area contributed by atoms with Crippen LogP contribution in [0.2, 0.25) is 0 Å². The SMILES string of the molecule is C#CC(C)OC(=O)Nc1ccc(-c2ccc(=O)[nH]n2)cc1. The standard InChI is InChI=1S/C15H13N3O3/c1-3-10(2)21-15(20)16-12-6-4-11(5-7-12)13-8-9-14(19)18-17-13/h1,4-10H,2H3,(H,16,20)(H,18,19). The van der Waals surface area contributed by atoms with Gasteiger partial charge in [0.05, 0.1) is 5.69 Å². The smallest absolute Gasteiger partial charge is 0.412 e. The summed E-state index contributed by atoms with van der Waals surface area (Å²) in [7, 11) is 0. The van der Waals surface area contributed by atoms with Crippen molar-refractivity contribution in [3.8, 4) is 23.6 Å². The van der Waals surface area contributed by atoms with Gasteiger partial charge < -0.3 is 4.74 Å². The van der Waals surface area contributed by atoms with Gasteiger partial charge in [0.2, 0.25) is 0 Å². The maximum absolute atomic E-state index is 11.5. The van der Waals surface area contributed by atoms with E-state index in [1.807, 2.05) is 0 Å². The number of rotatable bonds is 3. The number of hydrogen-bond donors (Lipinski definition) is 2. The van der Waals surface area contributed by atoms with Crippen molar-refractivity contribution in [2.24, 2.45) is 0 Å². The van der Waals surface area contributed by atoms with Crippen LogP contribution in [-0.4, -0.2) is 22.4 Å². The summed E-state index contributed by atoms with van der Waals surface area (Å²) in [6, 6.07) is 9.94. The Balaban J connectivity index is 2.05. The molecule has 0 aliphatic heterocycles. The summed E-state index contributed by atoms with van der Waals surface area (Å²) in [6.45, 7) is 1.60. The highest BCUT2D eigenvalue weighted by Crippen LogP contribution is 2.18. The lowest BCUT2D eigenvalue weighted by Gasteiger charge is -2.09. The first-order valence-corrected chi connectivity index (χ1v) is 6.18. The number of carbonyl (C=O) groups excluding carboxylic acids is 1.